The Morgan fingerprint density at radius 1 is 1.50 bits per heavy atom. The second-order valence-corrected chi connectivity index (χ2v) is 4.26. The van der Waals surface area contributed by atoms with Crippen molar-refractivity contribution in [1.82, 2.24) is 4.98 Å². The van der Waals surface area contributed by atoms with Crippen LogP contribution in [0.2, 0.25) is 0 Å². The van der Waals surface area contributed by atoms with E-state index in [1.54, 1.807) is 0 Å². The van der Waals surface area contributed by atoms with Crippen molar-refractivity contribution in [3.63, 3.8) is 0 Å². The summed E-state index contributed by atoms with van der Waals surface area (Å²) in [6, 6.07) is 12.1. The molecule has 90 valence electrons. The van der Waals surface area contributed by atoms with Gasteiger partial charge in [0.25, 0.3) is 0 Å². The van der Waals surface area contributed by atoms with E-state index in [0.29, 0.717) is 11.4 Å². The molecule has 1 heterocycles. The van der Waals surface area contributed by atoms with Crippen molar-refractivity contribution in [2.75, 3.05) is 5.32 Å². The van der Waals surface area contributed by atoms with Crippen molar-refractivity contribution in [1.29, 1.82) is 5.26 Å². The number of fused-ring (bicyclic) bond motifs is 1. The van der Waals surface area contributed by atoms with Gasteiger partial charge < -0.3 is 5.32 Å². The molecule has 0 aliphatic carbocycles. The molecule has 0 radical (unpaired) electrons. The highest BCUT2D eigenvalue weighted by Crippen LogP contribution is 2.20. The summed E-state index contributed by atoms with van der Waals surface area (Å²) >= 11 is 0. The highest BCUT2D eigenvalue weighted by atomic mass is 15.0. The van der Waals surface area contributed by atoms with Crippen LogP contribution in [0.3, 0.4) is 0 Å². The number of anilines is 1. The zero-order chi connectivity index (χ0) is 13.0. The third-order valence-corrected chi connectivity index (χ3v) is 2.75. The number of para-hydroxylation sites is 1. The van der Waals surface area contributed by atoms with Gasteiger partial charge >= 0.3 is 0 Å². The molecule has 2 rings (SSSR count). The Morgan fingerprint density at radius 3 is 3.00 bits per heavy atom. The fourth-order valence-corrected chi connectivity index (χ4v) is 1.85. The number of hydrogen-bond donors (Lipinski definition) is 1. The second kappa shape index (κ2) is 5.33. The van der Waals surface area contributed by atoms with Crippen molar-refractivity contribution < 1.29 is 0 Å². The molecule has 0 spiro atoms. The van der Waals surface area contributed by atoms with Gasteiger partial charge in [0.05, 0.1) is 11.1 Å². The molecule has 18 heavy (non-hydrogen) atoms. The minimum atomic E-state index is 0.211. The van der Waals surface area contributed by atoms with Gasteiger partial charge in [-0.05, 0) is 25.5 Å². The first-order valence-electron chi connectivity index (χ1n) is 5.92. The summed E-state index contributed by atoms with van der Waals surface area (Å²) in [5, 5.41) is 13.4. The Hall–Kier alpha value is -2.34. The maximum atomic E-state index is 9.17. The van der Waals surface area contributed by atoms with Crippen LogP contribution in [0.25, 0.3) is 10.9 Å². The zero-order valence-corrected chi connectivity index (χ0v) is 10.4. The van der Waals surface area contributed by atoms with E-state index in [0.717, 1.165) is 17.3 Å². The van der Waals surface area contributed by atoms with Crippen molar-refractivity contribution >= 4 is 16.7 Å². The van der Waals surface area contributed by atoms with E-state index in [1.165, 1.54) is 0 Å². The lowest BCUT2D eigenvalue weighted by atomic mass is 10.1. The molecule has 0 saturated carbocycles. The summed E-state index contributed by atoms with van der Waals surface area (Å²) < 4.78 is 0. The average molecular weight is 237 g/mol. The summed E-state index contributed by atoms with van der Waals surface area (Å²) in [5.74, 6) is 0.644. The van der Waals surface area contributed by atoms with Gasteiger partial charge in [0.15, 0.2) is 0 Å². The van der Waals surface area contributed by atoms with Crippen LogP contribution in [0.5, 0.6) is 0 Å². The zero-order valence-electron chi connectivity index (χ0n) is 10.4. The highest BCUT2D eigenvalue weighted by molar-refractivity contribution is 5.82. The molecule has 3 heteroatoms. The van der Waals surface area contributed by atoms with E-state index in [2.05, 4.69) is 22.9 Å². The molecular formula is C15H15N3. The molecule has 0 aliphatic heterocycles. The summed E-state index contributed by atoms with van der Waals surface area (Å²) in [7, 11) is 0. The first kappa shape index (κ1) is 12.1. The standard InChI is InChI=1S/C15H15N3/c1-3-6-11(2)17-15-13(10-16)9-12-7-4-5-8-14(12)18-15/h3-5,7-9,11H,1,6H2,2H3,(H,17,18). The van der Waals surface area contributed by atoms with Crippen LogP contribution in [0.4, 0.5) is 5.82 Å². The number of nitrogens with one attached hydrogen (secondary N) is 1. The Morgan fingerprint density at radius 2 is 2.28 bits per heavy atom. The Balaban J connectivity index is 2.42. The maximum Gasteiger partial charge on any atom is 0.144 e. The molecular weight excluding hydrogens is 222 g/mol. The molecule has 1 aromatic heterocycles. The Labute approximate surface area is 107 Å². The Kier molecular flexibility index (Phi) is 3.59. The second-order valence-electron chi connectivity index (χ2n) is 4.26. The van der Waals surface area contributed by atoms with Gasteiger partial charge in [-0.3, -0.25) is 0 Å². The molecule has 2 aromatic rings. The molecule has 0 aliphatic rings. The van der Waals surface area contributed by atoms with Gasteiger partial charge in [-0.2, -0.15) is 5.26 Å². The molecule has 1 aromatic carbocycles. The third kappa shape index (κ3) is 2.49. The van der Waals surface area contributed by atoms with Crippen LogP contribution in [0, 0.1) is 11.3 Å². The van der Waals surface area contributed by atoms with E-state index < -0.39 is 0 Å². The van der Waals surface area contributed by atoms with Crippen LogP contribution in [-0.2, 0) is 0 Å². The Bertz CT molecular complexity index is 611. The number of rotatable bonds is 4. The van der Waals surface area contributed by atoms with Crippen molar-refractivity contribution in [3.8, 4) is 6.07 Å². The van der Waals surface area contributed by atoms with E-state index in [1.807, 2.05) is 43.3 Å². The van der Waals surface area contributed by atoms with E-state index >= 15 is 0 Å². The number of nitrogens with zero attached hydrogens (tertiary/aromatic N) is 2. The van der Waals surface area contributed by atoms with Gasteiger partial charge in [-0.15, -0.1) is 6.58 Å². The highest BCUT2D eigenvalue weighted by Gasteiger charge is 2.08. The van der Waals surface area contributed by atoms with Gasteiger partial charge in [-0.25, -0.2) is 4.98 Å². The fourth-order valence-electron chi connectivity index (χ4n) is 1.85. The minimum absolute atomic E-state index is 0.211. The van der Waals surface area contributed by atoms with Crippen LogP contribution in [-0.4, -0.2) is 11.0 Å². The van der Waals surface area contributed by atoms with E-state index in [-0.39, 0.29) is 6.04 Å². The van der Waals surface area contributed by atoms with Gasteiger partial charge in [0.2, 0.25) is 0 Å². The number of aromatic nitrogens is 1. The first-order chi connectivity index (χ1) is 8.74. The van der Waals surface area contributed by atoms with Gasteiger partial charge in [0, 0.05) is 11.4 Å². The quantitative estimate of drug-likeness (QED) is 0.828. The van der Waals surface area contributed by atoms with Crippen molar-refractivity contribution in [2.24, 2.45) is 0 Å². The lowest BCUT2D eigenvalue weighted by Gasteiger charge is -2.14. The molecule has 0 amide bonds. The van der Waals surface area contributed by atoms with Crippen LogP contribution >= 0.6 is 0 Å². The van der Waals surface area contributed by atoms with Crippen LogP contribution in [0.15, 0.2) is 43.0 Å². The lowest BCUT2D eigenvalue weighted by molar-refractivity contribution is 0.808. The van der Waals surface area contributed by atoms with E-state index in [4.69, 9.17) is 0 Å². The van der Waals surface area contributed by atoms with Crippen LogP contribution in [0.1, 0.15) is 18.9 Å². The molecule has 0 fully saturated rings. The summed E-state index contributed by atoms with van der Waals surface area (Å²) in [6.07, 6.45) is 2.68. The summed E-state index contributed by atoms with van der Waals surface area (Å²) in [5.41, 5.74) is 1.47. The van der Waals surface area contributed by atoms with Gasteiger partial charge in [-0.1, -0.05) is 24.3 Å². The fraction of sp³-hybridized carbons (Fsp3) is 0.200. The predicted octanol–water partition coefficient (Wildman–Crippen LogP) is 3.48. The third-order valence-electron chi connectivity index (χ3n) is 2.75. The largest absolute Gasteiger partial charge is 0.366 e. The maximum absolute atomic E-state index is 9.17. The smallest absolute Gasteiger partial charge is 0.144 e. The molecule has 1 unspecified atom stereocenters. The minimum Gasteiger partial charge on any atom is -0.366 e. The first-order valence-corrected chi connectivity index (χ1v) is 5.92. The lowest BCUT2D eigenvalue weighted by Crippen LogP contribution is -2.15. The number of pyridine rings is 1. The molecule has 1 atom stereocenters. The number of benzene rings is 1. The molecule has 1 N–H and O–H groups in total. The SMILES string of the molecule is C=CCC(C)Nc1nc2ccccc2cc1C#N. The molecule has 3 nitrogen and oxygen atoms in total. The number of hydrogen-bond acceptors (Lipinski definition) is 3. The van der Waals surface area contributed by atoms with Crippen LogP contribution < -0.4 is 5.32 Å². The topological polar surface area (TPSA) is 48.7 Å². The average Bonchev–Trinajstić information content (AvgIpc) is 2.38. The normalized spacial score (nSPS) is 11.8. The summed E-state index contributed by atoms with van der Waals surface area (Å²) in [6.45, 7) is 5.75. The molecule has 0 saturated heterocycles. The van der Waals surface area contributed by atoms with Crippen molar-refractivity contribution in [2.45, 2.75) is 19.4 Å². The number of nitriles is 1. The predicted molar refractivity (Wildman–Crippen MR) is 74.4 cm³/mol. The van der Waals surface area contributed by atoms with Gasteiger partial charge in [0.1, 0.15) is 11.9 Å². The monoisotopic (exact) mass is 237 g/mol. The van der Waals surface area contributed by atoms with Crippen molar-refractivity contribution in [3.05, 3.63) is 48.6 Å². The van der Waals surface area contributed by atoms with E-state index in [9.17, 15) is 5.26 Å². The molecule has 0 bridgehead atoms. The summed E-state index contributed by atoms with van der Waals surface area (Å²) in [4.78, 5) is 4.50.